The zero-order chi connectivity index (χ0) is 29.2. The van der Waals surface area contributed by atoms with Crippen molar-refractivity contribution in [3.8, 4) is 0 Å². The number of carbonyl (C=O) groups is 2. The van der Waals surface area contributed by atoms with Crippen molar-refractivity contribution in [1.82, 2.24) is 4.31 Å². The molecule has 0 fully saturated rings. The molecule has 0 heterocycles. The van der Waals surface area contributed by atoms with Gasteiger partial charge in [-0.2, -0.15) is 4.31 Å². The SMILES string of the molecule is [2H]CN(CC(=O)N(c1ccccc1)[C@@H](Cc1ccccc1)C(=O)OCc1ccccc1)S(=O)(=O)c1ccc(C)cc1. The summed E-state index contributed by atoms with van der Waals surface area (Å²) < 4.78 is 41.2. The molecule has 4 aromatic rings. The molecule has 0 aliphatic heterocycles. The first-order chi connectivity index (χ1) is 19.8. The van der Waals surface area contributed by atoms with Crippen LogP contribution in [0.2, 0.25) is 0 Å². The lowest BCUT2D eigenvalue weighted by Gasteiger charge is -2.32. The van der Waals surface area contributed by atoms with E-state index in [9.17, 15) is 18.0 Å². The first-order valence-electron chi connectivity index (χ1n) is 13.5. The molecule has 1 atom stereocenters. The van der Waals surface area contributed by atoms with Crippen LogP contribution in [-0.4, -0.2) is 44.2 Å². The summed E-state index contributed by atoms with van der Waals surface area (Å²) in [7, 11) is -4.82. The summed E-state index contributed by atoms with van der Waals surface area (Å²) in [5.41, 5.74) is 2.88. The Hall–Kier alpha value is -4.27. The van der Waals surface area contributed by atoms with Crippen molar-refractivity contribution in [1.29, 1.82) is 0 Å². The first-order valence-corrected chi connectivity index (χ1v) is 14.2. The highest BCUT2D eigenvalue weighted by molar-refractivity contribution is 7.89. The lowest BCUT2D eigenvalue weighted by atomic mass is 10.0. The molecule has 0 spiro atoms. The smallest absolute Gasteiger partial charge is 0.329 e. The molecule has 40 heavy (non-hydrogen) atoms. The maximum Gasteiger partial charge on any atom is 0.329 e. The summed E-state index contributed by atoms with van der Waals surface area (Å²) in [5, 5.41) is 0. The van der Waals surface area contributed by atoms with Crippen LogP contribution in [0.3, 0.4) is 0 Å². The van der Waals surface area contributed by atoms with Crippen molar-refractivity contribution >= 4 is 27.6 Å². The molecule has 0 aliphatic rings. The number of ether oxygens (including phenoxy) is 1. The van der Waals surface area contributed by atoms with E-state index < -0.39 is 41.5 Å². The van der Waals surface area contributed by atoms with Crippen LogP contribution in [0, 0.1) is 6.92 Å². The van der Waals surface area contributed by atoms with E-state index in [4.69, 9.17) is 6.11 Å². The number of sulfonamides is 1. The van der Waals surface area contributed by atoms with Crippen molar-refractivity contribution in [2.75, 3.05) is 18.5 Å². The molecule has 0 radical (unpaired) electrons. The minimum Gasteiger partial charge on any atom is -0.459 e. The summed E-state index contributed by atoms with van der Waals surface area (Å²) in [4.78, 5) is 28.9. The van der Waals surface area contributed by atoms with Gasteiger partial charge in [0.2, 0.25) is 15.9 Å². The predicted octanol–water partition coefficient (Wildman–Crippen LogP) is 5.00. The van der Waals surface area contributed by atoms with Crippen LogP contribution in [0.5, 0.6) is 0 Å². The molecule has 0 aliphatic carbocycles. The zero-order valence-corrected chi connectivity index (χ0v) is 23.0. The minimum atomic E-state index is -4.15. The second-order valence-corrected chi connectivity index (χ2v) is 11.3. The van der Waals surface area contributed by atoms with E-state index in [-0.39, 0.29) is 17.9 Å². The van der Waals surface area contributed by atoms with Crippen LogP contribution in [-0.2, 0) is 37.4 Å². The highest BCUT2D eigenvalue weighted by atomic mass is 32.2. The Balaban J connectivity index is 1.68. The maximum absolute atomic E-state index is 14.0. The summed E-state index contributed by atoms with van der Waals surface area (Å²) >= 11 is 0. The van der Waals surface area contributed by atoms with Gasteiger partial charge in [0.25, 0.3) is 0 Å². The van der Waals surface area contributed by atoms with Crippen LogP contribution >= 0.6 is 0 Å². The molecule has 4 rings (SSSR count). The number of carbonyl (C=O) groups excluding carboxylic acids is 2. The predicted molar refractivity (Wildman–Crippen MR) is 155 cm³/mol. The quantitative estimate of drug-likeness (QED) is 0.242. The van der Waals surface area contributed by atoms with Gasteiger partial charge in [-0.05, 0) is 42.3 Å². The van der Waals surface area contributed by atoms with Gasteiger partial charge in [-0.15, -0.1) is 0 Å². The lowest BCUT2D eigenvalue weighted by molar-refractivity contribution is -0.147. The molecule has 0 unspecified atom stereocenters. The molecule has 0 bridgehead atoms. The molecular weight excluding hydrogens is 524 g/mol. The first kappa shape index (κ1) is 27.3. The third-order valence-corrected chi connectivity index (χ3v) is 8.03. The van der Waals surface area contributed by atoms with E-state index in [1.165, 1.54) is 17.0 Å². The summed E-state index contributed by atoms with van der Waals surface area (Å²) in [5.74, 6) is -1.29. The zero-order valence-electron chi connectivity index (χ0n) is 23.2. The number of benzene rings is 4. The lowest BCUT2D eigenvalue weighted by Crippen LogP contribution is -2.51. The Bertz CT molecular complexity index is 1530. The van der Waals surface area contributed by atoms with Crippen LogP contribution in [0.1, 0.15) is 18.1 Å². The average molecular weight is 558 g/mol. The van der Waals surface area contributed by atoms with Crippen molar-refractivity contribution in [3.63, 3.8) is 0 Å². The van der Waals surface area contributed by atoms with Crippen LogP contribution in [0.15, 0.2) is 120 Å². The van der Waals surface area contributed by atoms with E-state index in [1.54, 1.807) is 42.5 Å². The average Bonchev–Trinajstić information content (AvgIpc) is 3.00. The van der Waals surface area contributed by atoms with Gasteiger partial charge in [0.1, 0.15) is 12.6 Å². The van der Waals surface area contributed by atoms with Gasteiger partial charge in [-0.25, -0.2) is 13.2 Å². The van der Waals surface area contributed by atoms with Crippen LogP contribution < -0.4 is 4.90 Å². The van der Waals surface area contributed by atoms with Crippen molar-refractivity contribution in [2.45, 2.75) is 30.9 Å². The van der Waals surface area contributed by atoms with E-state index in [1.807, 2.05) is 67.6 Å². The molecule has 4 aromatic carbocycles. The van der Waals surface area contributed by atoms with Gasteiger partial charge in [0.15, 0.2) is 0 Å². The summed E-state index contributed by atoms with van der Waals surface area (Å²) in [6, 6.07) is 32.2. The fourth-order valence-electron chi connectivity index (χ4n) is 4.20. The topological polar surface area (TPSA) is 84.0 Å². The largest absolute Gasteiger partial charge is 0.459 e. The van der Waals surface area contributed by atoms with Crippen LogP contribution in [0.25, 0.3) is 0 Å². The number of esters is 1. The molecular formula is C32H32N2O5S. The molecule has 0 aromatic heterocycles. The third-order valence-electron chi connectivity index (χ3n) is 6.35. The number of aryl methyl sites for hydroxylation is 1. The normalized spacial score (nSPS) is 12.4. The van der Waals surface area contributed by atoms with Gasteiger partial charge in [0, 0.05) is 20.5 Å². The summed E-state index contributed by atoms with van der Waals surface area (Å²) in [6.45, 7) is 1.22. The Labute approximate surface area is 237 Å². The molecule has 206 valence electrons. The molecule has 7 nitrogen and oxygen atoms in total. The van der Waals surface area contributed by atoms with Crippen LogP contribution in [0.4, 0.5) is 5.69 Å². The highest BCUT2D eigenvalue weighted by Gasteiger charge is 2.35. The van der Waals surface area contributed by atoms with Crippen molar-refractivity contribution in [2.24, 2.45) is 0 Å². The fourth-order valence-corrected chi connectivity index (χ4v) is 5.26. The van der Waals surface area contributed by atoms with E-state index in [0.29, 0.717) is 5.69 Å². The number of amides is 1. The van der Waals surface area contributed by atoms with Gasteiger partial charge in [-0.1, -0.05) is 96.6 Å². The minimum absolute atomic E-state index is 0.0162. The number of hydrogen-bond donors (Lipinski definition) is 0. The van der Waals surface area contributed by atoms with Gasteiger partial charge >= 0.3 is 5.97 Å². The molecule has 0 saturated heterocycles. The second kappa shape index (κ2) is 13.2. The van der Waals surface area contributed by atoms with E-state index in [2.05, 4.69) is 0 Å². The van der Waals surface area contributed by atoms with Gasteiger partial charge < -0.3 is 4.74 Å². The van der Waals surface area contributed by atoms with Crippen molar-refractivity contribution < 1.29 is 24.1 Å². The van der Waals surface area contributed by atoms with E-state index >= 15 is 0 Å². The maximum atomic E-state index is 14.0. The molecule has 1 amide bonds. The Morgan fingerprint density at radius 1 is 0.800 bits per heavy atom. The van der Waals surface area contributed by atoms with Gasteiger partial charge in [0.05, 0.1) is 11.4 Å². The fraction of sp³-hybridized carbons (Fsp3) is 0.188. The highest BCUT2D eigenvalue weighted by Crippen LogP contribution is 2.23. The number of para-hydroxylation sites is 1. The number of likely N-dealkylation sites (N-methyl/N-ethyl adjacent to an activating group) is 1. The summed E-state index contributed by atoms with van der Waals surface area (Å²) in [6.07, 6.45) is 0.140. The number of hydrogen-bond acceptors (Lipinski definition) is 5. The van der Waals surface area contributed by atoms with E-state index in [0.717, 1.165) is 21.0 Å². The van der Waals surface area contributed by atoms with Crippen molar-refractivity contribution in [3.05, 3.63) is 132 Å². The molecule has 0 saturated carbocycles. The molecule has 0 N–H and O–H groups in total. The second-order valence-electron chi connectivity index (χ2n) is 9.33. The Morgan fingerprint density at radius 3 is 1.93 bits per heavy atom. The Kier molecular flexibility index (Phi) is 9.00. The van der Waals surface area contributed by atoms with Gasteiger partial charge in [-0.3, -0.25) is 9.69 Å². The number of rotatable bonds is 11. The number of nitrogens with zero attached hydrogens (tertiary/aromatic N) is 2. The number of anilines is 1. The molecule has 8 heteroatoms. The third kappa shape index (κ3) is 7.22. The Morgan fingerprint density at radius 2 is 1.35 bits per heavy atom. The monoisotopic (exact) mass is 557 g/mol. The standard InChI is InChI=1S/C32H32N2O5S/c1-25-18-20-29(21-19-25)40(37,38)33(2)23-31(35)34(28-16-10-5-11-17-28)30(22-26-12-6-3-7-13-26)32(36)39-24-27-14-8-4-9-15-27/h3-21,30H,22-24H2,1-2H3/t30-/m0/s1/i2D.